The van der Waals surface area contributed by atoms with Gasteiger partial charge < -0.3 is 4.74 Å². The number of hydrogen-bond donors (Lipinski definition) is 0. The quantitative estimate of drug-likeness (QED) is 0.250. The molecule has 33 heavy (non-hydrogen) atoms. The Hall–Kier alpha value is -3.29. The van der Waals surface area contributed by atoms with Gasteiger partial charge in [-0.1, -0.05) is 37.6 Å². The van der Waals surface area contributed by atoms with E-state index in [1.54, 1.807) is 24.3 Å². The van der Waals surface area contributed by atoms with Crippen LogP contribution >= 0.6 is 0 Å². The number of hydrogen-bond acceptors (Lipinski definition) is 1. The van der Waals surface area contributed by atoms with Crippen LogP contribution in [-0.4, -0.2) is 12.8 Å². The molecule has 0 aliphatic rings. The average Bonchev–Trinajstić information content (AvgIpc) is 2.75. The third-order valence-corrected chi connectivity index (χ3v) is 4.84. The Morgan fingerprint density at radius 2 is 1.33 bits per heavy atom. The molecule has 0 aliphatic heterocycles. The lowest BCUT2D eigenvalue weighted by atomic mass is 9.97. The van der Waals surface area contributed by atoms with Crippen molar-refractivity contribution < 1.29 is 35.5 Å². The second kappa shape index (κ2) is 10.1. The molecule has 3 aromatic carbocycles. The summed E-state index contributed by atoms with van der Waals surface area (Å²) in [6.07, 6.45) is -2.99. The molecule has 0 radical (unpaired) electrons. The number of halogens is 7. The van der Waals surface area contributed by atoms with Gasteiger partial charge in [0.1, 0.15) is 17.4 Å². The Bertz CT molecular complexity index is 1130. The highest BCUT2D eigenvalue weighted by atomic mass is 19.4. The minimum absolute atomic E-state index is 0.0676. The average molecular weight is 468 g/mol. The molecule has 1 nitrogen and oxygen atoms in total. The molecule has 0 amide bonds. The third-order valence-electron chi connectivity index (χ3n) is 4.84. The van der Waals surface area contributed by atoms with E-state index < -0.39 is 40.6 Å². The van der Waals surface area contributed by atoms with Crippen LogP contribution in [0.25, 0.3) is 28.3 Å². The molecule has 0 bridgehead atoms. The van der Waals surface area contributed by atoms with E-state index in [1.165, 1.54) is 6.07 Å². The summed E-state index contributed by atoms with van der Waals surface area (Å²) in [5.74, 6) is -4.67. The molecule has 0 aromatic heterocycles. The zero-order valence-corrected chi connectivity index (χ0v) is 17.4. The molecule has 0 N–H and O–H groups in total. The number of unbranched alkanes of at least 4 members (excludes halogenated alkanes) is 1. The number of allylic oxidation sites excluding steroid dienone is 1. The lowest BCUT2D eigenvalue weighted by Crippen LogP contribution is -2.01. The summed E-state index contributed by atoms with van der Waals surface area (Å²) in [6, 6.07) is 10.1. The highest BCUT2D eigenvalue weighted by Gasteiger charge is 2.23. The van der Waals surface area contributed by atoms with Gasteiger partial charge in [0, 0.05) is 22.8 Å². The van der Waals surface area contributed by atoms with Crippen molar-refractivity contribution in [2.24, 2.45) is 0 Å². The summed E-state index contributed by atoms with van der Waals surface area (Å²) in [7, 11) is 0. The Morgan fingerprint density at radius 3 is 1.85 bits per heavy atom. The molecule has 3 rings (SSSR count). The minimum atomic E-state index is -4.76. The van der Waals surface area contributed by atoms with Crippen LogP contribution in [0.3, 0.4) is 0 Å². The third kappa shape index (κ3) is 5.94. The first-order valence-corrected chi connectivity index (χ1v) is 10.1. The molecule has 0 unspecified atom stereocenters. The van der Waals surface area contributed by atoms with Crippen LogP contribution in [0.2, 0.25) is 0 Å². The van der Waals surface area contributed by atoms with Crippen molar-refractivity contribution in [2.45, 2.75) is 25.9 Å². The van der Waals surface area contributed by atoms with Gasteiger partial charge in [-0.25, -0.2) is 17.6 Å². The maximum Gasteiger partial charge on any atom is 0.409 e. The molecule has 0 saturated carbocycles. The summed E-state index contributed by atoms with van der Waals surface area (Å²) in [6.45, 7) is 2.56. The topological polar surface area (TPSA) is 9.23 Å². The number of ether oxygens (including phenoxy) is 1. The molecule has 174 valence electrons. The van der Waals surface area contributed by atoms with Gasteiger partial charge in [-0.2, -0.15) is 13.2 Å². The van der Waals surface area contributed by atoms with E-state index in [0.29, 0.717) is 30.1 Å². The van der Waals surface area contributed by atoms with Crippen molar-refractivity contribution in [3.8, 4) is 28.0 Å². The van der Waals surface area contributed by atoms with Crippen LogP contribution in [-0.2, 0) is 0 Å². The van der Waals surface area contributed by atoms with Crippen molar-refractivity contribution in [2.75, 3.05) is 6.61 Å². The van der Waals surface area contributed by atoms with Crippen molar-refractivity contribution in [1.82, 2.24) is 0 Å². The summed E-state index contributed by atoms with van der Waals surface area (Å²) in [4.78, 5) is 0. The van der Waals surface area contributed by atoms with Crippen LogP contribution in [0.5, 0.6) is 5.75 Å². The lowest BCUT2D eigenvalue weighted by Gasteiger charge is -2.11. The Morgan fingerprint density at radius 1 is 0.788 bits per heavy atom. The van der Waals surface area contributed by atoms with Gasteiger partial charge in [0.15, 0.2) is 11.6 Å². The van der Waals surface area contributed by atoms with E-state index in [9.17, 15) is 30.7 Å². The number of rotatable bonds is 7. The summed E-state index contributed by atoms with van der Waals surface area (Å²) < 4.78 is 100. The van der Waals surface area contributed by atoms with Gasteiger partial charge >= 0.3 is 6.18 Å². The predicted octanol–water partition coefficient (Wildman–Crippen LogP) is 8.33. The molecular weight excluding hydrogens is 449 g/mol. The first kappa shape index (κ1) is 24.4. The second-order valence-corrected chi connectivity index (χ2v) is 7.24. The van der Waals surface area contributed by atoms with E-state index in [4.69, 9.17) is 4.74 Å². The Kier molecular flexibility index (Phi) is 7.46. The highest BCUT2D eigenvalue weighted by Crippen LogP contribution is 2.34. The van der Waals surface area contributed by atoms with Gasteiger partial charge in [-0.3, -0.25) is 0 Å². The first-order chi connectivity index (χ1) is 15.6. The molecular formula is C25H19F7O. The molecule has 8 heteroatoms. The van der Waals surface area contributed by atoms with E-state index in [2.05, 4.69) is 0 Å². The maximum atomic E-state index is 14.8. The SMILES string of the molecule is CCCCOc1ccc(-c2ccc(-c3cc(F)c(/C=C/C(F)(F)F)c(F)c3)c(F)c2F)cc1. The van der Waals surface area contributed by atoms with Gasteiger partial charge in [-0.05, 0) is 47.9 Å². The molecule has 0 saturated heterocycles. The van der Waals surface area contributed by atoms with Gasteiger partial charge in [-0.15, -0.1) is 0 Å². The Labute approximate surface area is 186 Å². The van der Waals surface area contributed by atoms with Crippen LogP contribution in [0.4, 0.5) is 30.7 Å². The van der Waals surface area contributed by atoms with Crippen LogP contribution in [0.15, 0.2) is 54.6 Å². The molecule has 3 aromatic rings. The first-order valence-electron chi connectivity index (χ1n) is 10.1. The normalized spacial score (nSPS) is 11.9. The zero-order chi connectivity index (χ0) is 24.2. The van der Waals surface area contributed by atoms with Crippen LogP contribution < -0.4 is 4.74 Å². The second-order valence-electron chi connectivity index (χ2n) is 7.24. The van der Waals surface area contributed by atoms with E-state index in [1.807, 2.05) is 6.92 Å². The molecule has 0 atom stereocenters. The number of benzene rings is 3. The summed E-state index contributed by atoms with van der Waals surface area (Å²) in [5, 5.41) is 0. The van der Waals surface area contributed by atoms with Crippen molar-refractivity contribution in [1.29, 1.82) is 0 Å². The highest BCUT2D eigenvalue weighted by molar-refractivity contribution is 5.73. The van der Waals surface area contributed by atoms with Crippen molar-refractivity contribution in [3.63, 3.8) is 0 Å². The largest absolute Gasteiger partial charge is 0.494 e. The van der Waals surface area contributed by atoms with Crippen LogP contribution in [0.1, 0.15) is 25.3 Å². The summed E-state index contributed by atoms with van der Waals surface area (Å²) in [5.41, 5.74) is -1.42. The Balaban J connectivity index is 1.91. The van der Waals surface area contributed by atoms with Gasteiger partial charge in [0.05, 0.1) is 6.61 Å². The zero-order valence-electron chi connectivity index (χ0n) is 17.4. The molecule has 0 fully saturated rings. The van der Waals surface area contributed by atoms with Crippen molar-refractivity contribution >= 4 is 6.08 Å². The lowest BCUT2D eigenvalue weighted by molar-refractivity contribution is -0.0790. The predicted molar refractivity (Wildman–Crippen MR) is 113 cm³/mol. The monoisotopic (exact) mass is 468 g/mol. The fourth-order valence-electron chi connectivity index (χ4n) is 3.14. The van der Waals surface area contributed by atoms with Crippen LogP contribution in [0, 0.1) is 23.3 Å². The summed E-state index contributed by atoms with van der Waals surface area (Å²) >= 11 is 0. The van der Waals surface area contributed by atoms with Gasteiger partial charge in [0.25, 0.3) is 0 Å². The fourth-order valence-corrected chi connectivity index (χ4v) is 3.14. The minimum Gasteiger partial charge on any atom is -0.494 e. The van der Waals surface area contributed by atoms with E-state index >= 15 is 0 Å². The number of alkyl halides is 3. The molecule has 0 heterocycles. The fraction of sp³-hybridized carbons (Fsp3) is 0.200. The van der Waals surface area contributed by atoms with Gasteiger partial charge in [0.2, 0.25) is 0 Å². The van der Waals surface area contributed by atoms with E-state index in [-0.39, 0.29) is 23.3 Å². The van der Waals surface area contributed by atoms with Crippen molar-refractivity contribution in [3.05, 3.63) is 83.4 Å². The molecule has 0 aliphatic carbocycles. The molecule has 0 spiro atoms. The standard InChI is InChI=1S/C25H19F7O/c1-2-3-12-33-17-6-4-15(5-7-17)18-8-9-19(24(29)23(18)28)16-13-21(26)20(22(27)14-16)10-11-25(30,31)32/h4-11,13-14H,2-3,12H2,1H3/b11-10+. The maximum absolute atomic E-state index is 14.8. The smallest absolute Gasteiger partial charge is 0.409 e. The van der Waals surface area contributed by atoms with E-state index in [0.717, 1.165) is 18.9 Å².